The van der Waals surface area contributed by atoms with E-state index in [1.807, 2.05) is 36.4 Å². The fourth-order valence-electron chi connectivity index (χ4n) is 8.83. The lowest BCUT2D eigenvalue weighted by Gasteiger charge is -2.16. The number of rotatable bonds is 4. The molecule has 3 heterocycles. The van der Waals surface area contributed by atoms with E-state index in [1.165, 1.54) is 32.6 Å². The molecule has 0 radical (unpaired) electrons. The van der Waals surface area contributed by atoms with Gasteiger partial charge in [0.2, 0.25) is 0 Å². The Hall–Kier alpha value is -7.86. The first-order chi connectivity index (χ1) is 27.2. The molecular formula is C50H29N5. The molecule has 0 saturated heterocycles. The Morgan fingerprint density at radius 1 is 0.345 bits per heavy atom. The molecule has 8 aromatic carbocycles. The van der Waals surface area contributed by atoms with Crippen LogP contribution >= 0.6 is 0 Å². The first-order valence-corrected chi connectivity index (χ1v) is 18.3. The summed E-state index contributed by atoms with van der Waals surface area (Å²) >= 11 is 0. The largest absolute Gasteiger partial charge is 0.309 e. The van der Waals surface area contributed by atoms with E-state index in [0.717, 1.165) is 61.0 Å². The molecule has 0 atom stereocenters. The van der Waals surface area contributed by atoms with Gasteiger partial charge in [-0.1, -0.05) is 103 Å². The van der Waals surface area contributed by atoms with Gasteiger partial charge in [-0.25, -0.2) is 0 Å². The lowest BCUT2D eigenvalue weighted by Crippen LogP contribution is -2.00. The van der Waals surface area contributed by atoms with Crippen LogP contribution < -0.4 is 0 Å². The van der Waals surface area contributed by atoms with Gasteiger partial charge in [-0.2, -0.15) is 10.5 Å². The van der Waals surface area contributed by atoms with Crippen molar-refractivity contribution >= 4 is 65.4 Å². The van der Waals surface area contributed by atoms with Gasteiger partial charge in [-0.05, 0) is 78.4 Å². The number of nitrogens with zero attached hydrogens (tertiary/aromatic N) is 5. The Morgan fingerprint density at radius 2 is 0.855 bits per heavy atom. The van der Waals surface area contributed by atoms with E-state index >= 15 is 0 Å². The number of nitriles is 2. The van der Waals surface area contributed by atoms with Gasteiger partial charge in [0.1, 0.15) is 6.07 Å². The Labute approximate surface area is 316 Å². The predicted molar refractivity (Wildman–Crippen MR) is 224 cm³/mol. The highest BCUT2D eigenvalue weighted by Gasteiger charge is 2.22. The zero-order valence-electron chi connectivity index (χ0n) is 29.5. The highest BCUT2D eigenvalue weighted by atomic mass is 15.0. The molecule has 0 unspecified atom stereocenters. The van der Waals surface area contributed by atoms with E-state index in [9.17, 15) is 10.5 Å². The molecule has 0 fully saturated rings. The Kier molecular flexibility index (Phi) is 6.61. The number of hydrogen-bond acceptors (Lipinski definition) is 2. The number of benzene rings is 8. The molecule has 0 N–H and O–H groups in total. The molecule has 0 aliphatic rings. The van der Waals surface area contributed by atoms with Crippen LogP contribution in [0.1, 0.15) is 11.1 Å². The fraction of sp³-hybridized carbons (Fsp3) is 0. The number of para-hydroxylation sites is 5. The Bertz CT molecular complexity index is 3420. The van der Waals surface area contributed by atoms with Gasteiger partial charge in [-0.15, -0.1) is 0 Å². The summed E-state index contributed by atoms with van der Waals surface area (Å²) in [4.78, 5) is 0. The lowest BCUT2D eigenvalue weighted by molar-refractivity contribution is 1.16. The van der Waals surface area contributed by atoms with E-state index < -0.39 is 0 Å². The summed E-state index contributed by atoms with van der Waals surface area (Å²) in [6.07, 6.45) is 0. The molecular weight excluding hydrogens is 671 g/mol. The molecule has 5 nitrogen and oxygen atoms in total. The van der Waals surface area contributed by atoms with Crippen LogP contribution in [0.15, 0.2) is 176 Å². The highest BCUT2D eigenvalue weighted by molar-refractivity contribution is 6.17. The molecule has 55 heavy (non-hydrogen) atoms. The van der Waals surface area contributed by atoms with Crippen molar-refractivity contribution in [3.63, 3.8) is 0 Å². The van der Waals surface area contributed by atoms with Crippen LogP contribution in [0.5, 0.6) is 0 Å². The van der Waals surface area contributed by atoms with Crippen LogP contribution in [0.3, 0.4) is 0 Å². The van der Waals surface area contributed by atoms with Crippen LogP contribution in [0.25, 0.3) is 93.6 Å². The van der Waals surface area contributed by atoms with E-state index in [4.69, 9.17) is 0 Å². The summed E-state index contributed by atoms with van der Waals surface area (Å²) in [6.45, 7) is 0. The molecule has 254 valence electrons. The fourth-order valence-corrected chi connectivity index (χ4v) is 8.83. The smallest absolute Gasteiger partial charge is 0.101 e. The molecule has 0 aliphatic carbocycles. The number of aromatic nitrogens is 3. The van der Waals surface area contributed by atoms with Crippen molar-refractivity contribution in [2.75, 3.05) is 0 Å². The van der Waals surface area contributed by atoms with Crippen molar-refractivity contribution in [1.29, 1.82) is 10.5 Å². The van der Waals surface area contributed by atoms with Crippen molar-refractivity contribution in [2.45, 2.75) is 0 Å². The van der Waals surface area contributed by atoms with Gasteiger partial charge < -0.3 is 13.7 Å². The Balaban J connectivity index is 1.14. The van der Waals surface area contributed by atoms with Crippen LogP contribution in [-0.4, -0.2) is 13.7 Å². The average Bonchev–Trinajstić information content (AvgIpc) is 3.89. The van der Waals surface area contributed by atoms with Gasteiger partial charge in [0, 0.05) is 37.9 Å². The molecule has 0 aliphatic heterocycles. The van der Waals surface area contributed by atoms with Crippen molar-refractivity contribution in [3.8, 4) is 40.3 Å². The van der Waals surface area contributed by atoms with E-state index in [-0.39, 0.29) is 0 Å². The predicted octanol–water partition coefficient (Wildman–Crippen LogP) is 12.4. The second kappa shape index (κ2) is 11.8. The molecule has 0 spiro atoms. The minimum absolute atomic E-state index is 0.565. The standard InChI is InChI=1S/C50H29N5/c51-30-32-24-26-47-40(28-32)38-15-4-9-20-45(38)53(47)41-27-25-33(29-34(41)31-52)35-12-1-6-17-42(35)54-46-21-10-5-16-39(46)50-48(54)22-11-23-49(50)55-43-18-7-2-13-36(43)37-14-3-8-19-44(37)55/h1-29H. The number of fused-ring (bicyclic) bond motifs is 9. The summed E-state index contributed by atoms with van der Waals surface area (Å²) in [7, 11) is 0. The van der Waals surface area contributed by atoms with Crippen molar-refractivity contribution in [1.82, 2.24) is 13.7 Å². The van der Waals surface area contributed by atoms with Gasteiger partial charge in [0.05, 0.1) is 67.4 Å². The van der Waals surface area contributed by atoms with Crippen LogP contribution in [0.4, 0.5) is 0 Å². The first-order valence-electron chi connectivity index (χ1n) is 18.3. The average molecular weight is 700 g/mol. The zero-order valence-corrected chi connectivity index (χ0v) is 29.5. The molecule has 0 saturated carbocycles. The van der Waals surface area contributed by atoms with E-state index in [0.29, 0.717) is 11.1 Å². The van der Waals surface area contributed by atoms with Crippen molar-refractivity contribution in [3.05, 3.63) is 187 Å². The minimum Gasteiger partial charge on any atom is -0.309 e. The summed E-state index contributed by atoms with van der Waals surface area (Å²) in [5, 5.41) is 27.2. The van der Waals surface area contributed by atoms with E-state index in [1.54, 1.807) is 0 Å². The Morgan fingerprint density at radius 3 is 1.53 bits per heavy atom. The summed E-state index contributed by atoms with van der Waals surface area (Å²) in [6, 6.07) is 65.9. The topological polar surface area (TPSA) is 62.4 Å². The third kappa shape index (κ3) is 4.39. The SMILES string of the molecule is N#Cc1ccc2c(c1)c1ccccc1n2-c1ccc(-c2ccccc2-n2c3ccccc3c3c(-n4c5ccccc5c5ccccc54)cccc32)cc1C#N. The second-order valence-corrected chi connectivity index (χ2v) is 14.0. The normalized spacial score (nSPS) is 11.6. The summed E-state index contributed by atoms with van der Waals surface area (Å²) in [5.41, 5.74) is 12.6. The number of hydrogen-bond donors (Lipinski definition) is 0. The third-order valence-electron chi connectivity index (χ3n) is 11.1. The van der Waals surface area contributed by atoms with Crippen molar-refractivity contribution < 1.29 is 0 Å². The quantitative estimate of drug-likeness (QED) is 0.184. The van der Waals surface area contributed by atoms with Gasteiger partial charge in [-0.3, -0.25) is 0 Å². The maximum atomic E-state index is 10.7. The monoisotopic (exact) mass is 699 g/mol. The molecule has 0 amide bonds. The molecule has 11 rings (SSSR count). The molecule has 0 bridgehead atoms. The second-order valence-electron chi connectivity index (χ2n) is 14.0. The third-order valence-corrected chi connectivity index (χ3v) is 11.1. The van der Waals surface area contributed by atoms with Gasteiger partial charge in [0.15, 0.2) is 0 Å². The maximum Gasteiger partial charge on any atom is 0.101 e. The first kappa shape index (κ1) is 30.7. The lowest BCUT2D eigenvalue weighted by atomic mass is 10.00. The summed E-state index contributed by atoms with van der Waals surface area (Å²) in [5.74, 6) is 0. The molecule has 5 heteroatoms. The van der Waals surface area contributed by atoms with Gasteiger partial charge >= 0.3 is 0 Å². The zero-order chi connectivity index (χ0) is 36.6. The summed E-state index contributed by atoms with van der Waals surface area (Å²) < 4.78 is 6.92. The van der Waals surface area contributed by atoms with Crippen LogP contribution in [-0.2, 0) is 0 Å². The highest BCUT2D eigenvalue weighted by Crippen LogP contribution is 2.42. The molecule has 3 aromatic heterocycles. The van der Waals surface area contributed by atoms with E-state index in [2.05, 4.69) is 165 Å². The maximum absolute atomic E-state index is 10.7. The van der Waals surface area contributed by atoms with Crippen molar-refractivity contribution in [2.24, 2.45) is 0 Å². The van der Waals surface area contributed by atoms with Gasteiger partial charge in [0.25, 0.3) is 0 Å². The minimum atomic E-state index is 0.565. The van der Waals surface area contributed by atoms with Crippen LogP contribution in [0, 0.1) is 22.7 Å². The van der Waals surface area contributed by atoms with Crippen LogP contribution in [0.2, 0.25) is 0 Å². The molecule has 11 aromatic rings.